The van der Waals surface area contributed by atoms with E-state index in [1.165, 1.54) is 0 Å². The summed E-state index contributed by atoms with van der Waals surface area (Å²) in [7, 11) is 1.61. The van der Waals surface area contributed by atoms with Crippen LogP contribution in [0.3, 0.4) is 0 Å². The average molecular weight is 477 g/mol. The molecule has 0 N–H and O–H groups in total. The highest BCUT2D eigenvalue weighted by Gasteiger charge is 2.75. The number of epoxide rings is 1. The van der Waals surface area contributed by atoms with Crippen LogP contribution in [-0.4, -0.2) is 68.2 Å². The maximum absolute atomic E-state index is 14.9. The van der Waals surface area contributed by atoms with Gasteiger partial charge in [0, 0.05) is 24.4 Å². The van der Waals surface area contributed by atoms with Crippen molar-refractivity contribution in [2.75, 3.05) is 26.9 Å². The van der Waals surface area contributed by atoms with Crippen LogP contribution >= 0.6 is 0 Å². The van der Waals surface area contributed by atoms with Crippen molar-refractivity contribution in [3.63, 3.8) is 0 Å². The fourth-order valence-corrected chi connectivity index (χ4v) is 7.03. The second-order valence-electron chi connectivity index (χ2n) is 12.0. The smallest absolute Gasteiger partial charge is 0.185 e. The summed E-state index contributed by atoms with van der Waals surface area (Å²) in [5.41, 5.74) is -2.36. The average Bonchev–Trinajstić information content (AvgIpc) is 3.66. The number of ketones is 1. The second-order valence-corrected chi connectivity index (χ2v) is 12.0. The van der Waals surface area contributed by atoms with Gasteiger partial charge in [0.05, 0.1) is 37.4 Å². The van der Waals surface area contributed by atoms with E-state index in [0.29, 0.717) is 26.2 Å². The minimum Gasteiger partial charge on any atom is -0.455 e. The quantitative estimate of drug-likeness (QED) is 0.454. The normalized spacial score (nSPS) is 47.6. The number of Topliss-reactive ketones (excluding diaryl/α,β-unsaturated/α-hetero) is 1. The Labute approximate surface area is 200 Å². The van der Waals surface area contributed by atoms with Gasteiger partial charge in [-0.1, -0.05) is 13.8 Å². The van der Waals surface area contributed by atoms with Crippen molar-refractivity contribution in [3.05, 3.63) is 23.7 Å². The molecule has 0 aromatic carbocycles. The van der Waals surface area contributed by atoms with Crippen molar-refractivity contribution < 1.29 is 38.0 Å². The van der Waals surface area contributed by atoms with E-state index < -0.39 is 33.9 Å². The lowest BCUT2D eigenvalue weighted by Crippen LogP contribution is -2.64. The van der Waals surface area contributed by atoms with Crippen molar-refractivity contribution in [3.8, 4) is 0 Å². The van der Waals surface area contributed by atoms with Gasteiger partial charge in [0.25, 0.3) is 0 Å². The summed E-state index contributed by atoms with van der Waals surface area (Å²) in [4.78, 5) is 14.9. The first-order valence-electron chi connectivity index (χ1n) is 12.3. The molecule has 2 aliphatic carbocycles. The molecule has 0 radical (unpaired) electrons. The van der Waals surface area contributed by atoms with Gasteiger partial charge in [-0.25, -0.2) is 0 Å². The molecule has 0 spiro atoms. The van der Waals surface area contributed by atoms with E-state index >= 15 is 0 Å². The van der Waals surface area contributed by atoms with Gasteiger partial charge in [-0.2, -0.15) is 0 Å². The van der Waals surface area contributed by atoms with Crippen molar-refractivity contribution in [1.82, 2.24) is 0 Å². The largest absolute Gasteiger partial charge is 0.455 e. The first kappa shape index (κ1) is 23.1. The molecular formula is C26H36O8. The highest BCUT2D eigenvalue weighted by Crippen LogP contribution is 2.67. The molecule has 8 heteroatoms. The molecule has 8 nitrogen and oxygen atoms in total. The number of hydrogen-bond donors (Lipinski definition) is 0. The predicted octanol–water partition coefficient (Wildman–Crippen LogP) is 3.10. The monoisotopic (exact) mass is 476 g/mol. The van der Waals surface area contributed by atoms with E-state index in [1.54, 1.807) is 7.11 Å². The summed E-state index contributed by atoms with van der Waals surface area (Å²) in [5.74, 6) is -0.613. The summed E-state index contributed by atoms with van der Waals surface area (Å²) in [6.07, 6.45) is 4.00. The maximum atomic E-state index is 14.9. The Hall–Kier alpha value is -1.29. The third kappa shape index (κ3) is 3.02. The molecule has 0 bridgehead atoms. The van der Waals surface area contributed by atoms with Gasteiger partial charge in [-0.3, -0.25) is 4.79 Å². The molecule has 0 amide bonds. The summed E-state index contributed by atoms with van der Waals surface area (Å²) in [6, 6.07) is 0. The van der Waals surface area contributed by atoms with Gasteiger partial charge >= 0.3 is 0 Å². The van der Waals surface area contributed by atoms with Gasteiger partial charge < -0.3 is 33.2 Å². The van der Waals surface area contributed by atoms with Gasteiger partial charge in [0.2, 0.25) is 0 Å². The Morgan fingerprint density at radius 3 is 2.38 bits per heavy atom. The van der Waals surface area contributed by atoms with E-state index in [1.807, 2.05) is 32.9 Å². The van der Waals surface area contributed by atoms with Crippen LogP contribution in [0.25, 0.3) is 0 Å². The third-order valence-corrected chi connectivity index (χ3v) is 8.98. The first-order valence-corrected chi connectivity index (χ1v) is 12.3. The van der Waals surface area contributed by atoms with Crippen molar-refractivity contribution in [2.24, 2.45) is 22.7 Å². The van der Waals surface area contributed by atoms with E-state index in [9.17, 15) is 4.79 Å². The molecule has 4 heterocycles. The number of carbonyl (C=O) groups is 1. The molecule has 0 aromatic heterocycles. The van der Waals surface area contributed by atoms with Crippen LogP contribution in [0.15, 0.2) is 23.7 Å². The van der Waals surface area contributed by atoms with Crippen molar-refractivity contribution in [1.29, 1.82) is 0 Å². The number of carbonyl (C=O) groups excluding carboxylic acids is 1. The van der Waals surface area contributed by atoms with Crippen molar-refractivity contribution >= 4 is 5.78 Å². The van der Waals surface area contributed by atoms with E-state index in [0.717, 1.165) is 11.5 Å². The molecule has 7 atom stereocenters. The SMILES string of the molecule is CO[C@]1(/C=C/C2(C)OCCO2)C(=O)[C@H]2C3COC(C)(C)OC3C3=C(O3)[C@@]2(C)[C@@H]2O[C@@H]2CC1(C)C. The van der Waals surface area contributed by atoms with Gasteiger partial charge in [-0.15, -0.1) is 0 Å². The molecule has 4 aliphatic heterocycles. The zero-order chi connectivity index (χ0) is 24.3. The zero-order valence-electron chi connectivity index (χ0n) is 21.1. The molecule has 1 saturated carbocycles. The van der Waals surface area contributed by atoms with Crippen LogP contribution in [0.2, 0.25) is 0 Å². The summed E-state index contributed by atoms with van der Waals surface area (Å²) >= 11 is 0. The Morgan fingerprint density at radius 2 is 1.71 bits per heavy atom. The fourth-order valence-electron chi connectivity index (χ4n) is 7.03. The van der Waals surface area contributed by atoms with Gasteiger partial charge in [0.1, 0.15) is 11.7 Å². The standard InChI is InChI=1S/C26H36O8/c1-22(2)12-15-20(32-15)25(6)16(14-13-31-23(3,4)34-17(14)18-21(25)33-18)19(27)26(22,28-7)9-8-24(5)29-10-11-30-24/h8-9,14-17,20H,10-13H2,1-7H3/b9-8+/t14?,15-,16-,17?,20-,25-,26-/m1/s1. The number of fused-ring (bicyclic) bond motifs is 7. The van der Waals surface area contributed by atoms with E-state index in [2.05, 4.69) is 20.8 Å². The summed E-state index contributed by atoms with van der Waals surface area (Å²) in [6.45, 7) is 13.3. The van der Waals surface area contributed by atoms with Crippen LogP contribution in [0, 0.1) is 22.7 Å². The Morgan fingerprint density at radius 1 is 1.00 bits per heavy atom. The lowest BCUT2D eigenvalue weighted by molar-refractivity contribution is -0.295. The molecule has 34 heavy (non-hydrogen) atoms. The number of hydrogen-bond acceptors (Lipinski definition) is 8. The van der Waals surface area contributed by atoms with Crippen LogP contribution in [0.1, 0.15) is 48.0 Å². The minimum atomic E-state index is -1.22. The number of ether oxygens (including phenoxy) is 7. The molecule has 4 fully saturated rings. The molecule has 3 saturated heterocycles. The predicted molar refractivity (Wildman–Crippen MR) is 119 cm³/mol. The van der Waals surface area contributed by atoms with Crippen LogP contribution in [0.5, 0.6) is 0 Å². The number of rotatable bonds is 3. The lowest BCUT2D eigenvalue weighted by atomic mass is 9.53. The molecule has 6 aliphatic rings. The molecule has 188 valence electrons. The first-order chi connectivity index (χ1) is 15.9. The van der Waals surface area contributed by atoms with E-state index in [4.69, 9.17) is 33.2 Å². The Kier molecular flexibility index (Phi) is 4.71. The van der Waals surface area contributed by atoms with E-state index in [-0.39, 0.29) is 30.0 Å². The van der Waals surface area contributed by atoms with Gasteiger partial charge in [-0.05, 0) is 46.3 Å². The van der Waals surface area contributed by atoms with Gasteiger partial charge in [0.15, 0.2) is 28.9 Å². The minimum absolute atomic E-state index is 0.00162. The maximum Gasteiger partial charge on any atom is 0.185 e. The third-order valence-electron chi connectivity index (χ3n) is 8.98. The number of methoxy groups -OCH3 is 1. The Balaban J connectivity index is 1.48. The van der Waals surface area contributed by atoms with Crippen molar-refractivity contribution in [2.45, 2.75) is 83.5 Å². The van der Waals surface area contributed by atoms with Crippen LogP contribution in [-0.2, 0) is 38.0 Å². The summed E-state index contributed by atoms with van der Waals surface area (Å²) in [5, 5.41) is 0. The van der Waals surface area contributed by atoms with Crippen LogP contribution in [0.4, 0.5) is 0 Å². The molecule has 6 rings (SSSR count). The molecular weight excluding hydrogens is 440 g/mol. The zero-order valence-corrected chi connectivity index (χ0v) is 21.1. The molecule has 2 unspecified atom stereocenters. The Bertz CT molecular complexity index is 975. The topological polar surface area (TPSA) is 88.3 Å². The fraction of sp³-hybridized carbons (Fsp3) is 0.808. The molecule has 0 aromatic rings. The second kappa shape index (κ2) is 6.93. The highest BCUT2D eigenvalue weighted by molar-refractivity contribution is 5.94. The highest BCUT2D eigenvalue weighted by atomic mass is 16.7. The van der Waals surface area contributed by atoms with Crippen LogP contribution < -0.4 is 0 Å². The lowest BCUT2D eigenvalue weighted by Gasteiger charge is -2.52. The summed E-state index contributed by atoms with van der Waals surface area (Å²) < 4.78 is 42.6.